The van der Waals surface area contributed by atoms with E-state index in [1.165, 1.54) is 0 Å². The third kappa shape index (κ3) is 4.22. The molecule has 102 valence electrons. The predicted molar refractivity (Wildman–Crippen MR) is 79.1 cm³/mol. The predicted octanol–water partition coefficient (Wildman–Crippen LogP) is 2.44. The summed E-state index contributed by atoms with van der Waals surface area (Å²) in [6, 6.07) is 5.52. The van der Waals surface area contributed by atoms with Crippen LogP contribution in [0.2, 0.25) is 0 Å². The second-order valence-electron chi connectivity index (χ2n) is 4.23. The number of aromatic nitrogens is 1. The van der Waals surface area contributed by atoms with Crippen LogP contribution < -0.4 is 10.0 Å². The molecule has 0 spiro atoms. The van der Waals surface area contributed by atoms with Gasteiger partial charge in [0.15, 0.2) is 0 Å². The van der Waals surface area contributed by atoms with E-state index in [0.29, 0.717) is 12.2 Å². The smallest absolute Gasteiger partial charge is 0.229 e. The van der Waals surface area contributed by atoms with Gasteiger partial charge in [-0.3, -0.25) is 9.71 Å². The van der Waals surface area contributed by atoms with E-state index in [-0.39, 0.29) is 0 Å². The van der Waals surface area contributed by atoms with Crippen LogP contribution in [0, 0.1) is 6.92 Å². The summed E-state index contributed by atoms with van der Waals surface area (Å²) in [5.41, 5.74) is 4.22. The molecule has 0 saturated carbocycles. The fourth-order valence-corrected chi connectivity index (χ4v) is 2.77. The van der Waals surface area contributed by atoms with Gasteiger partial charge < -0.3 is 5.32 Å². The highest BCUT2D eigenvalue weighted by atomic mass is 32.2. The minimum atomic E-state index is -3.24. The zero-order valence-electron chi connectivity index (χ0n) is 10.7. The van der Waals surface area contributed by atoms with Crippen molar-refractivity contribution in [3.05, 3.63) is 40.3 Å². The lowest BCUT2D eigenvalue weighted by atomic mass is 10.2. The summed E-state index contributed by atoms with van der Waals surface area (Å²) in [6.45, 7) is 2.58. The molecule has 0 bridgehead atoms. The van der Waals surface area contributed by atoms with Crippen LogP contribution in [0.5, 0.6) is 0 Å². The number of benzene rings is 1. The highest BCUT2D eigenvalue weighted by molar-refractivity contribution is 7.92. The minimum Gasteiger partial charge on any atom is -0.380 e. The summed E-state index contributed by atoms with van der Waals surface area (Å²) in [5.74, 6) is 0. The zero-order valence-corrected chi connectivity index (χ0v) is 12.3. The van der Waals surface area contributed by atoms with Gasteiger partial charge in [-0.15, -0.1) is 11.3 Å². The molecule has 2 aromatic rings. The van der Waals surface area contributed by atoms with E-state index in [4.69, 9.17) is 0 Å². The van der Waals surface area contributed by atoms with Crippen LogP contribution in [-0.4, -0.2) is 19.7 Å². The summed E-state index contributed by atoms with van der Waals surface area (Å²) in [5, 5.41) is 3.27. The van der Waals surface area contributed by atoms with Gasteiger partial charge in [-0.25, -0.2) is 8.42 Å². The minimum absolute atomic E-state index is 0.603. The lowest BCUT2D eigenvalue weighted by Gasteiger charge is -2.10. The van der Waals surface area contributed by atoms with Crippen LogP contribution in [0.15, 0.2) is 29.9 Å². The number of hydrogen-bond donors (Lipinski definition) is 2. The Hall–Kier alpha value is -1.60. The molecule has 7 heteroatoms. The topological polar surface area (TPSA) is 71.1 Å². The average molecular weight is 297 g/mol. The lowest BCUT2D eigenvalue weighted by Crippen LogP contribution is -2.10. The molecule has 0 aliphatic rings. The van der Waals surface area contributed by atoms with Gasteiger partial charge >= 0.3 is 0 Å². The fraction of sp³-hybridized carbons (Fsp3) is 0.250. The summed E-state index contributed by atoms with van der Waals surface area (Å²) < 4.78 is 24.9. The molecule has 1 heterocycles. The second kappa shape index (κ2) is 5.58. The normalized spacial score (nSPS) is 11.3. The first-order valence-corrected chi connectivity index (χ1v) is 8.41. The highest BCUT2D eigenvalue weighted by Crippen LogP contribution is 2.21. The lowest BCUT2D eigenvalue weighted by molar-refractivity contribution is 0.607. The molecule has 0 amide bonds. The molecule has 0 aliphatic heterocycles. The molecule has 0 aliphatic carbocycles. The van der Waals surface area contributed by atoms with E-state index in [0.717, 1.165) is 22.4 Å². The Kier molecular flexibility index (Phi) is 4.06. The number of rotatable bonds is 5. The molecule has 0 fully saturated rings. The van der Waals surface area contributed by atoms with Crippen LogP contribution in [0.4, 0.5) is 11.4 Å². The quantitative estimate of drug-likeness (QED) is 0.889. The molecule has 1 aromatic carbocycles. The summed E-state index contributed by atoms with van der Waals surface area (Å²) >= 11 is 1.59. The Bertz CT molecular complexity index is 652. The zero-order chi connectivity index (χ0) is 13.9. The van der Waals surface area contributed by atoms with Gasteiger partial charge in [0.25, 0.3) is 0 Å². The number of thiazole rings is 1. The molecule has 5 nitrogen and oxygen atoms in total. The van der Waals surface area contributed by atoms with E-state index in [1.54, 1.807) is 22.9 Å². The third-order valence-corrected chi connectivity index (χ3v) is 3.84. The van der Waals surface area contributed by atoms with Crippen molar-refractivity contribution in [3.8, 4) is 0 Å². The molecular formula is C12H15N3O2S2. The van der Waals surface area contributed by atoms with E-state index in [1.807, 2.05) is 25.3 Å². The third-order valence-electron chi connectivity index (χ3n) is 2.47. The number of anilines is 2. The maximum absolute atomic E-state index is 11.2. The Morgan fingerprint density at radius 3 is 2.74 bits per heavy atom. The van der Waals surface area contributed by atoms with Gasteiger partial charge in [0, 0.05) is 16.8 Å². The molecule has 19 heavy (non-hydrogen) atoms. The van der Waals surface area contributed by atoms with Gasteiger partial charge in [-0.1, -0.05) is 0 Å². The highest BCUT2D eigenvalue weighted by Gasteiger charge is 2.05. The van der Waals surface area contributed by atoms with Crippen LogP contribution >= 0.6 is 11.3 Å². The number of nitrogens with zero attached hydrogens (tertiary/aromatic N) is 1. The molecule has 0 saturated heterocycles. The summed E-state index contributed by atoms with van der Waals surface area (Å²) in [7, 11) is -3.24. The van der Waals surface area contributed by atoms with Crippen molar-refractivity contribution in [2.45, 2.75) is 13.5 Å². The van der Waals surface area contributed by atoms with E-state index in [2.05, 4.69) is 15.0 Å². The largest absolute Gasteiger partial charge is 0.380 e. The fourth-order valence-electron chi connectivity index (χ4n) is 1.61. The van der Waals surface area contributed by atoms with Gasteiger partial charge in [0.05, 0.1) is 24.0 Å². The van der Waals surface area contributed by atoms with E-state index >= 15 is 0 Å². The molecule has 2 rings (SSSR count). The molecule has 2 N–H and O–H groups in total. The summed E-state index contributed by atoms with van der Waals surface area (Å²) in [6.07, 6.45) is 2.96. The standard InChI is InChI=1S/C12H15N3O2S2/c1-9-5-10(14-7-11-6-13-8-18-11)3-4-12(9)15-19(2,16)17/h3-6,8,14-15H,7H2,1-2H3. The van der Waals surface area contributed by atoms with Crippen molar-refractivity contribution >= 4 is 32.7 Å². The van der Waals surface area contributed by atoms with Crippen molar-refractivity contribution in [2.75, 3.05) is 16.3 Å². The maximum Gasteiger partial charge on any atom is 0.229 e. The number of aryl methyl sites for hydroxylation is 1. The first-order chi connectivity index (χ1) is 8.94. The average Bonchev–Trinajstić information content (AvgIpc) is 2.81. The number of sulfonamides is 1. The van der Waals surface area contributed by atoms with Gasteiger partial charge in [-0.05, 0) is 30.7 Å². The Labute approximate surface area is 116 Å². The Morgan fingerprint density at radius 2 is 2.16 bits per heavy atom. The molecule has 0 atom stereocenters. The molecule has 1 aromatic heterocycles. The van der Waals surface area contributed by atoms with E-state index in [9.17, 15) is 8.42 Å². The van der Waals surface area contributed by atoms with Crippen LogP contribution in [-0.2, 0) is 16.6 Å². The monoisotopic (exact) mass is 297 g/mol. The Balaban J connectivity index is 2.06. The molecular weight excluding hydrogens is 282 g/mol. The van der Waals surface area contributed by atoms with Crippen molar-refractivity contribution < 1.29 is 8.42 Å². The van der Waals surface area contributed by atoms with Crippen molar-refractivity contribution in [1.29, 1.82) is 0 Å². The maximum atomic E-state index is 11.2. The first kappa shape index (κ1) is 13.8. The summed E-state index contributed by atoms with van der Waals surface area (Å²) in [4.78, 5) is 5.16. The van der Waals surface area contributed by atoms with Crippen LogP contribution in [0.3, 0.4) is 0 Å². The van der Waals surface area contributed by atoms with Crippen LogP contribution in [0.25, 0.3) is 0 Å². The van der Waals surface area contributed by atoms with Crippen molar-refractivity contribution in [3.63, 3.8) is 0 Å². The Morgan fingerprint density at radius 1 is 1.37 bits per heavy atom. The van der Waals surface area contributed by atoms with Crippen LogP contribution in [0.1, 0.15) is 10.4 Å². The first-order valence-electron chi connectivity index (χ1n) is 5.64. The van der Waals surface area contributed by atoms with Crippen molar-refractivity contribution in [1.82, 2.24) is 4.98 Å². The van der Waals surface area contributed by atoms with E-state index < -0.39 is 10.0 Å². The molecule has 0 radical (unpaired) electrons. The molecule has 0 unspecified atom stereocenters. The van der Waals surface area contributed by atoms with Gasteiger partial charge in [-0.2, -0.15) is 0 Å². The number of nitrogens with one attached hydrogen (secondary N) is 2. The van der Waals surface area contributed by atoms with Gasteiger partial charge in [0.2, 0.25) is 10.0 Å². The second-order valence-corrected chi connectivity index (χ2v) is 6.94. The number of hydrogen-bond acceptors (Lipinski definition) is 5. The van der Waals surface area contributed by atoms with Gasteiger partial charge in [0.1, 0.15) is 0 Å². The SMILES string of the molecule is Cc1cc(NCc2cncs2)ccc1NS(C)(=O)=O. The van der Waals surface area contributed by atoms with Crippen molar-refractivity contribution in [2.24, 2.45) is 0 Å².